The molecule has 0 saturated heterocycles. The van der Waals surface area contributed by atoms with Gasteiger partial charge < -0.3 is 4.74 Å². The van der Waals surface area contributed by atoms with Crippen molar-refractivity contribution in [1.82, 2.24) is 0 Å². The highest BCUT2D eigenvalue weighted by Gasteiger charge is 2.30. The minimum absolute atomic E-state index is 0.206. The van der Waals surface area contributed by atoms with Gasteiger partial charge in [-0.15, -0.1) is 0 Å². The highest BCUT2D eigenvalue weighted by atomic mass is 32.2. The van der Waals surface area contributed by atoms with Crippen molar-refractivity contribution < 1.29 is 17.3 Å². The minimum Gasteiger partial charge on any atom is -0.496 e. The Bertz CT molecular complexity index is 342. The van der Waals surface area contributed by atoms with Crippen LogP contribution in [0.5, 0.6) is 0 Å². The van der Waals surface area contributed by atoms with Crippen molar-refractivity contribution in [2.24, 2.45) is 5.92 Å². The van der Waals surface area contributed by atoms with Crippen LogP contribution in [-0.2, 0) is 19.0 Å². The molecule has 17 heavy (non-hydrogen) atoms. The molecule has 1 rings (SSSR count). The van der Waals surface area contributed by atoms with Crippen LogP contribution in [0.3, 0.4) is 0 Å². The van der Waals surface area contributed by atoms with Crippen LogP contribution in [0.4, 0.5) is 0 Å². The third kappa shape index (κ3) is 5.08. The molecule has 1 atom stereocenters. The van der Waals surface area contributed by atoms with Crippen molar-refractivity contribution in [2.75, 3.05) is 12.9 Å². The molecular weight excluding hydrogens is 240 g/mol. The van der Waals surface area contributed by atoms with Crippen molar-refractivity contribution in [2.45, 2.75) is 45.1 Å². The molecule has 0 spiro atoms. The van der Waals surface area contributed by atoms with Crippen LogP contribution < -0.4 is 0 Å². The molecule has 1 aliphatic rings. The average Bonchev–Trinajstić information content (AvgIpc) is 2.26. The van der Waals surface area contributed by atoms with Crippen molar-refractivity contribution in [3.63, 3.8) is 0 Å². The Labute approximate surface area is 104 Å². The van der Waals surface area contributed by atoms with Gasteiger partial charge in [0.15, 0.2) is 0 Å². The van der Waals surface area contributed by atoms with Gasteiger partial charge in [0, 0.05) is 0 Å². The van der Waals surface area contributed by atoms with Gasteiger partial charge in [-0.1, -0.05) is 25.8 Å². The molecular formula is C12H22O4S. The summed E-state index contributed by atoms with van der Waals surface area (Å²) in [7, 11) is -3.48. The summed E-state index contributed by atoms with van der Waals surface area (Å²) in [6.07, 6.45) is 5.95. The first-order valence-electron chi connectivity index (χ1n) is 6.14. The zero-order valence-corrected chi connectivity index (χ0v) is 11.5. The largest absolute Gasteiger partial charge is 0.496 e. The summed E-state index contributed by atoms with van der Waals surface area (Å²) < 4.78 is 33.0. The van der Waals surface area contributed by atoms with Gasteiger partial charge in [-0.05, 0) is 25.7 Å². The molecule has 0 aromatic rings. The van der Waals surface area contributed by atoms with Crippen LogP contribution in [0.1, 0.15) is 39.0 Å². The number of ether oxygens (including phenoxy) is 1. The second-order valence-corrected chi connectivity index (χ2v) is 6.12. The van der Waals surface area contributed by atoms with Gasteiger partial charge in [0.2, 0.25) is 0 Å². The Hall–Kier alpha value is -0.550. The third-order valence-corrected chi connectivity index (χ3v) is 3.56. The Balaban J connectivity index is 2.73. The summed E-state index contributed by atoms with van der Waals surface area (Å²) in [6.45, 7) is 6.12. The molecule has 0 aromatic carbocycles. The van der Waals surface area contributed by atoms with Gasteiger partial charge in [-0.2, -0.15) is 8.42 Å². The van der Waals surface area contributed by atoms with E-state index < -0.39 is 16.2 Å². The molecule has 4 nitrogen and oxygen atoms in total. The fourth-order valence-corrected chi connectivity index (χ4v) is 2.93. The van der Waals surface area contributed by atoms with E-state index in [4.69, 9.17) is 8.92 Å². The molecule has 5 heteroatoms. The number of hydrogen-bond acceptors (Lipinski definition) is 4. The van der Waals surface area contributed by atoms with Crippen LogP contribution in [0.25, 0.3) is 0 Å². The normalized spacial score (nSPS) is 19.9. The van der Waals surface area contributed by atoms with Crippen molar-refractivity contribution in [3.05, 3.63) is 12.3 Å². The standard InChI is InChI=1S/C12H22O4S/c1-4-15-10(2)12(16-17(3,13)14)11-8-6-5-7-9-11/h11-12H,2,4-9H2,1,3H3. The van der Waals surface area contributed by atoms with E-state index in [1.54, 1.807) is 0 Å². The maximum Gasteiger partial charge on any atom is 0.265 e. The second kappa shape index (κ2) is 6.40. The average molecular weight is 262 g/mol. The summed E-state index contributed by atoms with van der Waals surface area (Å²) in [5.41, 5.74) is 0. The zero-order chi connectivity index (χ0) is 12.9. The summed E-state index contributed by atoms with van der Waals surface area (Å²) in [5, 5.41) is 0. The van der Waals surface area contributed by atoms with E-state index in [9.17, 15) is 8.42 Å². The summed E-state index contributed by atoms with van der Waals surface area (Å²) in [5.74, 6) is 0.641. The predicted molar refractivity (Wildman–Crippen MR) is 67.1 cm³/mol. The van der Waals surface area contributed by atoms with Crippen LogP contribution in [-0.4, -0.2) is 27.4 Å². The summed E-state index contributed by atoms with van der Waals surface area (Å²) in [6, 6.07) is 0. The number of hydrogen-bond donors (Lipinski definition) is 0. The van der Waals surface area contributed by atoms with Crippen LogP contribution >= 0.6 is 0 Å². The van der Waals surface area contributed by atoms with Gasteiger partial charge in [-0.25, -0.2) is 0 Å². The lowest BCUT2D eigenvalue weighted by Gasteiger charge is -2.30. The molecule has 1 saturated carbocycles. The van der Waals surface area contributed by atoms with Gasteiger partial charge in [0.25, 0.3) is 10.1 Å². The number of rotatable bonds is 6. The van der Waals surface area contributed by atoms with E-state index in [1.165, 1.54) is 6.42 Å². The van der Waals surface area contributed by atoms with Crippen LogP contribution in [0.2, 0.25) is 0 Å². The molecule has 1 unspecified atom stereocenters. The van der Waals surface area contributed by atoms with Gasteiger partial charge in [0.05, 0.1) is 12.9 Å². The molecule has 0 heterocycles. The third-order valence-electron chi connectivity index (χ3n) is 3.00. The Morgan fingerprint density at radius 3 is 2.41 bits per heavy atom. The topological polar surface area (TPSA) is 52.6 Å². The minimum atomic E-state index is -3.48. The smallest absolute Gasteiger partial charge is 0.265 e. The second-order valence-electron chi connectivity index (χ2n) is 4.52. The highest BCUT2D eigenvalue weighted by molar-refractivity contribution is 7.86. The van der Waals surface area contributed by atoms with Crippen LogP contribution in [0, 0.1) is 5.92 Å². The van der Waals surface area contributed by atoms with Crippen molar-refractivity contribution >= 4 is 10.1 Å². The molecule has 100 valence electrons. The lowest BCUT2D eigenvalue weighted by Crippen LogP contribution is -2.31. The Morgan fingerprint density at radius 2 is 1.94 bits per heavy atom. The molecule has 0 aliphatic heterocycles. The van der Waals surface area contributed by atoms with E-state index in [0.717, 1.165) is 31.9 Å². The SMILES string of the molecule is C=C(OCC)C(OS(C)(=O)=O)C1CCCCC1. The predicted octanol–water partition coefficient (Wildman–Crippen LogP) is 2.46. The first-order valence-corrected chi connectivity index (χ1v) is 7.95. The Morgan fingerprint density at radius 1 is 1.35 bits per heavy atom. The summed E-state index contributed by atoms with van der Waals surface area (Å²) >= 11 is 0. The van der Waals surface area contributed by atoms with E-state index in [2.05, 4.69) is 6.58 Å². The Kier molecular flexibility index (Phi) is 5.46. The van der Waals surface area contributed by atoms with E-state index in [1.807, 2.05) is 6.92 Å². The summed E-state index contributed by atoms with van der Waals surface area (Å²) in [4.78, 5) is 0. The van der Waals surface area contributed by atoms with Gasteiger partial charge >= 0.3 is 0 Å². The molecule has 0 bridgehead atoms. The van der Waals surface area contributed by atoms with Crippen molar-refractivity contribution in [3.8, 4) is 0 Å². The first kappa shape index (κ1) is 14.5. The fourth-order valence-electron chi connectivity index (χ4n) is 2.29. The lowest BCUT2D eigenvalue weighted by molar-refractivity contribution is 0.0753. The van der Waals surface area contributed by atoms with E-state index >= 15 is 0 Å². The first-order chi connectivity index (χ1) is 7.94. The zero-order valence-electron chi connectivity index (χ0n) is 10.6. The maximum atomic E-state index is 11.3. The molecule has 1 fully saturated rings. The van der Waals surface area contributed by atoms with Gasteiger partial charge in [-0.3, -0.25) is 4.18 Å². The van der Waals surface area contributed by atoms with Crippen LogP contribution in [0.15, 0.2) is 12.3 Å². The van der Waals surface area contributed by atoms with E-state index in [-0.39, 0.29) is 5.92 Å². The maximum absolute atomic E-state index is 11.3. The molecule has 0 amide bonds. The lowest BCUT2D eigenvalue weighted by atomic mass is 9.85. The fraction of sp³-hybridized carbons (Fsp3) is 0.833. The quantitative estimate of drug-likeness (QED) is 0.545. The molecule has 0 N–H and O–H groups in total. The molecule has 1 aliphatic carbocycles. The molecule has 0 radical (unpaired) electrons. The monoisotopic (exact) mass is 262 g/mol. The molecule has 0 aromatic heterocycles. The van der Waals surface area contributed by atoms with Gasteiger partial charge in [0.1, 0.15) is 11.9 Å². The highest BCUT2D eigenvalue weighted by Crippen LogP contribution is 2.31. The van der Waals surface area contributed by atoms with E-state index in [0.29, 0.717) is 12.4 Å². The van der Waals surface area contributed by atoms with Crippen molar-refractivity contribution in [1.29, 1.82) is 0 Å².